The maximum absolute atomic E-state index is 13.4. The molecule has 1 aliphatic heterocycles. The number of methoxy groups -OCH3 is 1. The molecule has 0 N–H and O–H groups in total. The van der Waals surface area contributed by atoms with E-state index >= 15 is 0 Å². The Labute approximate surface area is 199 Å². The van der Waals surface area contributed by atoms with Gasteiger partial charge in [-0.1, -0.05) is 0 Å². The van der Waals surface area contributed by atoms with E-state index in [2.05, 4.69) is 10.1 Å². The van der Waals surface area contributed by atoms with E-state index in [4.69, 9.17) is 14.5 Å². The molecule has 0 aromatic carbocycles. The van der Waals surface area contributed by atoms with Crippen molar-refractivity contribution >= 4 is 11.6 Å². The molecular formula is C24H24F3N5O3. The molecule has 1 aliphatic carbocycles. The fourth-order valence-electron chi connectivity index (χ4n) is 4.55. The molecule has 1 fully saturated rings. The maximum Gasteiger partial charge on any atom is 0.408 e. The van der Waals surface area contributed by atoms with Crippen LogP contribution in [0.3, 0.4) is 0 Å². The second-order valence-electron chi connectivity index (χ2n) is 9.13. The van der Waals surface area contributed by atoms with Crippen molar-refractivity contribution in [2.75, 3.05) is 12.0 Å². The van der Waals surface area contributed by atoms with Gasteiger partial charge in [0.15, 0.2) is 5.75 Å². The van der Waals surface area contributed by atoms with E-state index in [0.29, 0.717) is 52.7 Å². The molecule has 8 nitrogen and oxygen atoms in total. The Morgan fingerprint density at radius 1 is 1.20 bits per heavy atom. The summed E-state index contributed by atoms with van der Waals surface area (Å²) in [5.74, 6) is 0.559. The van der Waals surface area contributed by atoms with E-state index in [1.165, 1.54) is 19.5 Å². The summed E-state index contributed by atoms with van der Waals surface area (Å²) in [5.41, 5.74) is 2.80. The maximum atomic E-state index is 13.4. The van der Waals surface area contributed by atoms with Gasteiger partial charge in [0, 0.05) is 18.0 Å². The van der Waals surface area contributed by atoms with Gasteiger partial charge in [0.25, 0.3) is 11.8 Å². The number of aromatic nitrogens is 4. The van der Waals surface area contributed by atoms with E-state index in [9.17, 15) is 18.0 Å². The Balaban J connectivity index is 1.53. The molecule has 0 unspecified atom stereocenters. The molecule has 5 rings (SSSR count). The highest BCUT2D eigenvalue weighted by molar-refractivity contribution is 6.13. The number of anilines is 1. The van der Waals surface area contributed by atoms with E-state index in [-0.39, 0.29) is 12.0 Å². The van der Waals surface area contributed by atoms with Crippen molar-refractivity contribution in [1.29, 1.82) is 0 Å². The standard InChI is InChI=1S/C24H24F3N5O3/c1-13(2)35-21-18(34-4)8-15(9-28-21)17-7-14(3)19-20(30-17)23(5-6-23)32(22(19)33)16-10-29-31(11-16)12-24(25,26)27/h7-11,13H,5-6,12H2,1-4H3. The summed E-state index contributed by atoms with van der Waals surface area (Å²) in [5, 5.41) is 3.82. The molecule has 0 radical (unpaired) electrons. The number of alkyl halides is 3. The molecule has 11 heteroatoms. The molecule has 2 aliphatic rings. The third kappa shape index (κ3) is 3.98. The highest BCUT2D eigenvalue weighted by atomic mass is 19.4. The summed E-state index contributed by atoms with van der Waals surface area (Å²) in [7, 11) is 1.53. The first kappa shape index (κ1) is 23.1. The van der Waals surface area contributed by atoms with Crippen LogP contribution in [0.1, 0.15) is 48.3 Å². The predicted octanol–water partition coefficient (Wildman–Crippen LogP) is 4.66. The van der Waals surface area contributed by atoms with Crippen LogP contribution >= 0.6 is 0 Å². The number of ether oxygens (including phenoxy) is 2. The van der Waals surface area contributed by atoms with Gasteiger partial charge in [0.1, 0.15) is 6.54 Å². The van der Waals surface area contributed by atoms with Crippen molar-refractivity contribution in [1.82, 2.24) is 19.7 Å². The molecule has 35 heavy (non-hydrogen) atoms. The van der Waals surface area contributed by atoms with Crippen molar-refractivity contribution in [2.24, 2.45) is 0 Å². The number of amides is 1. The first-order valence-corrected chi connectivity index (χ1v) is 11.2. The lowest BCUT2D eigenvalue weighted by atomic mass is 10.0. The van der Waals surface area contributed by atoms with Crippen LogP contribution < -0.4 is 14.4 Å². The summed E-state index contributed by atoms with van der Waals surface area (Å²) in [6, 6.07) is 3.59. The lowest BCUT2D eigenvalue weighted by molar-refractivity contribution is -0.142. The second-order valence-corrected chi connectivity index (χ2v) is 9.13. The average Bonchev–Trinajstić information content (AvgIpc) is 3.37. The quantitative estimate of drug-likeness (QED) is 0.503. The summed E-state index contributed by atoms with van der Waals surface area (Å²) in [4.78, 5) is 24.2. The third-order valence-electron chi connectivity index (χ3n) is 6.13. The van der Waals surface area contributed by atoms with Crippen LogP contribution in [0.25, 0.3) is 11.3 Å². The molecule has 1 saturated carbocycles. The highest BCUT2D eigenvalue weighted by Crippen LogP contribution is 2.58. The van der Waals surface area contributed by atoms with Gasteiger partial charge >= 0.3 is 6.18 Å². The zero-order valence-corrected chi connectivity index (χ0v) is 19.7. The molecule has 0 atom stereocenters. The van der Waals surface area contributed by atoms with Crippen LogP contribution in [0.2, 0.25) is 0 Å². The minimum atomic E-state index is -4.41. The van der Waals surface area contributed by atoms with E-state index in [0.717, 1.165) is 10.2 Å². The molecular weight excluding hydrogens is 463 g/mol. The van der Waals surface area contributed by atoms with Crippen molar-refractivity contribution < 1.29 is 27.4 Å². The lowest BCUT2D eigenvalue weighted by Crippen LogP contribution is -2.33. The normalized spacial score (nSPS) is 16.2. The molecule has 1 amide bonds. The lowest BCUT2D eigenvalue weighted by Gasteiger charge is -2.22. The van der Waals surface area contributed by atoms with Gasteiger partial charge in [-0.3, -0.25) is 14.4 Å². The van der Waals surface area contributed by atoms with Gasteiger partial charge in [-0.25, -0.2) is 9.97 Å². The highest BCUT2D eigenvalue weighted by Gasteiger charge is 2.60. The van der Waals surface area contributed by atoms with Crippen molar-refractivity contribution in [3.8, 4) is 22.9 Å². The van der Waals surface area contributed by atoms with Crippen molar-refractivity contribution in [3.63, 3.8) is 0 Å². The number of aryl methyl sites for hydroxylation is 1. The fourth-order valence-corrected chi connectivity index (χ4v) is 4.55. The van der Waals surface area contributed by atoms with Gasteiger partial charge in [-0.05, 0) is 51.3 Å². The van der Waals surface area contributed by atoms with Crippen LogP contribution in [-0.4, -0.2) is 45.0 Å². The van der Waals surface area contributed by atoms with Gasteiger partial charge in [-0.15, -0.1) is 0 Å². The van der Waals surface area contributed by atoms with Gasteiger partial charge < -0.3 is 9.47 Å². The molecule has 3 aromatic heterocycles. The van der Waals surface area contributed by atoms with Crippen LogP contribution in [0.4, 0.5) is 18.9 Å². The number of halogens is 3. The van der Waals surface area contributed by atoms with Crippen LogP contribution in [-0.2, 0) is 12.1 Å². The first-order chi connectivity index (χ1) is 16.5. The molecule has 4 heterocycles. The molecule has 0 saturated heterocycles. The molecule has 3 aromatic rings. The molecule has 184 valence electrons. The zero-order chi connectivity index (χ0) is 25.1. The Morgan fingerprint density at radius 2 is 1.94 bits per heavy atom. The number of pyridine rings is 2. The Bertz CT molecular complexity index is 1310. The summed E-state index contributed by atoms with van der Waals surface area (Å²) in [6.07, 6.45) is 1.04. The third-order valence-corrected chi connectivity index (χ3v) is 6.13. The molecule has 1 spiro atoms. The van der Waals surface area contributed by atoms with Gasteiger partial charge in [0.2, 0.25) is 0 Å². The first-order valence-electron chi connectivity index (χ1n) is 11.2. The van der Waals surface area contributed by atoms with Gasteiger partial charge in [0.05, 0.1) is 47.6 Å². The number of rotatable bonds is 6. The second kappa shape index (κ2) is 7.96. The van der Waals surface area contributed by atoms with Crippen LogP contribution in [0.5, 0.6) is 11.6 Å². The van der Waals surface area contributed by atoms with Crippen molar-refractivity contribution in [3.05, 3.63) is 47.5 Å². The minimum absolute atomic E-state index is 0.0742. The smallest absolute Gasteiger partial charge is 0.408 e. The monoisotopic (exact) mass is 487 g/mol. The Hall–Kier alpha value is -3.63. The largest absolute Gasteiger partial charge is 0.491 e. The topological polar surface area (TPSA) is 82.4 Å². The number of hydrogen-bond acceptors (Lipinski definition) is 6. The SMILES string of the molecule is COc1cc(-c2cc(C)c3c(n2)C2(CC2)N(c2cnn(CC(F)(F)F)c2)C3=O)cnc1OC(C)C. The fraction of sp³-hybridized carbons (Fsp3) is 0.417. The van der Waals surface area contributed by atoms with E-state index in [1.807, 2.05) is 26.8 Å². The number of hydrogen-bond donors (Lipinski definition) is 0. The number of carbonyl (C=O) groups excluding carboxylic acids is 1. The van der Waals surface area contributed by atoms with E-state index in [1.54, 1.807) is 17.2 Å². The van der Waals surface area contributed by atoms with Gasteiger partial charge in [-0.2, -0.15) is 18.3 Å². The number of nitrogens with zero attached hydrogens (tertiary/aromatic N) is 5. The van der Waals surface area contributed by atoms with E-state index < -0.39 is 18.3 Å². The minimum Gasteiger partial charge on any atom is -0.491 e. The van der Waals surface area contributed by atoms with Crippen LogP contribution in [0.15, 0.2) is 30.7 Å². The Kier molecular flexibility index (Phi) is 5.26. The summed E-state index contributed by atoms with van der Waals surface area (Å²) in [6.45, 7) is 4.40. The van der Waals surface area contributed by atoms with Crippen LogP contribution in [0, 0.1) is 6.92 Å². The van der Waals surface area contributed by atoms with Crippen molar-refractivity contribution in [2.45, 2.75) is 58.0 Å². The average molecular weight is 487 g/mol. The zero-order valence-electron chi connectivity index (χ0n) is 19.7. The summed E-state index contributed by atoms with van der Waals surface area (Å²) < 4.78 is 50.4. The molecule has 0 bridgehead atoms. The Morgan fingerprint density at radius 3 is 2.57 bits per heavy atom. The number of carbonyl (C=O) groups is 1. The number of fused-ring (bicyclic) bond motifs is 2. The predicted molar refractivity (Wildman–Crippen MR) is 121 cm³/mol. The summed E-state index contributed by atoms with van der Waals surface area (Å²) >= 11 is 0.